The van der Waals surface area contributed by atoms with Gasteiger partial charge in [-0.15, -0.1) is 0 Å². The molecule has 2 aromatic carbocycles. The molecule has 0 saturated heterocycles. The van der Waals surface area contributed by atoms with Gasteiger partial charge >= 0.3 is 24.8 Å². The van der Waals surface area contributed by atoms with Gasteiger partial charge in [0, 0.05) is 5.56 Å². The Bertz CT molecular complexity index is 1060. The van der Waals surface area contributed by atoms with Gasteiger partial charge in [-0.25, -0.2) is 0 Å². The molecule has 0 N–H and O–H groups in total. The molecular formula is C36H66O12P4. The van der Waals surface area contributed by atoms with Crippen molar-refractivity contribution in [1.82, 2.24) is 0 Å². The van der Waals surface area contributed by atoms with E-state index >= 15 is 0 Å². The van der Waals surface area contributed by atoms with E-state index in [1.54, 1.807) is 38.1 Å². The van der Waals surface area contributed by atoms with Crippen LogP contribution in [0.25, 0.3) is 0 Å². The normalized spacial score (nSPS) is 11.1. The third-order valence-electron chi connectivity index (χ3n) is 5.51. The molecule has 0 radical (unpaired) electrons. The first-order valence-corrected chi connectivity index (χ1v) is 23.1. The van der Waals surface area contributed by atoms with E-state index < -0.39 is 33.2 Å². The first-order chi connectivity index (χ1) is 25.0. The smallest absolute Gasteiger partial charge is 0.329 e. The van der Waals surface area contributed by atoms with Crippen LogP contribution in [0.15, 0.2) is 48.5 Å². The minimum Gasteiger partial charge on any atom is -0.329 e. The Labute approximate surface area is 318 Å². The van der Waals surface area contributed by atoms with E-state index in [0.717, 1.165) is 5.56 Å². The number of rotatable bonds is 24. The van der Waals surface area contributed by atoms with Crippen LogP contribution in [0.5, 0.6) is 0 Å². The third kappa shape index (κ3) is 27.8. The van der Waals surface area contributed by atoms with Crippen LogP contribution < -0.4 is 0 Å². The van der Waals surface area contributed by atoms with Crippen molar-refractivity contribution in [2.45, 2.75) is 89.2 Å². The molecule has 0 saturated carbocycles. The van der Waals surface area contributed by atoms with E-state index in [-0.39, 0.29) is 11.7 Å². The van der Waals surface area contributed by atoms with Crippen LogP contribution in [0.3, 0.4) is 0 Å². The van der Waals surface area contributed by atoms with Crippen LogP contribution in [0, 0.1) is 13.8 Å². The topological polar surface area (TPSA) is 126 Å². The third-order valence-corrected chi connectivity index (χ3v) is 12.0. The van der Waals surface area contributed by atoms with Gasteiger partial charge in [-0.1, -0.05) is 59.7 Å². The van der Waals surface area contributed by atoms with Crippen LogP contribution in [-0.4, -0.2) is 71.6 Å². The van der Waals surface area contributed by atoms with Crippen LogP contribution in [0.1, 0.15) is 96.3 Å². The van der Waals surface area contributed by atoms with Gasteiger partial charge in [-0.3, -0.25) is 9.36 Å². The molecule has 0 heterocycles. The fourth-order valence-electron chi connectivity index (χ4n) is 3.49. The number of aryl methyl sites for hydroxylation is 2. The Morgan fingerprint density at radius 2 is 0.788 bits per heavy atom. The van der Waals surface area contributed by atoms with Crippen molar-refractivity contribution in [3.63, 3.8) is 0 Å². The summed E-state index contributed by atoms with van der Waals surface area (Å²) >= 11 is 0. The van der Waals surface area contributed by atoms with Crippen molar-refractivity contribution >= 4 is 38.7 Å². The van der Waals surface area contributed by atoms with Crippen molar-refractivity contribution in [2.24, 2.45) is 0 Å². The maximum Gasteiger partial charge on any atom is 0.335 e. The molecule has 16 heteroatoms. The fraction of sp³-hybridized carbons (Fsp3) is 0.639. The molecule has 0 aromatic heterocycles. The summed E-state index contributed by atoms with van der Waals surface area (Å²) in [5, 5.41) is 0. The molecule has 12 nitrogen and oxygen atoms in total. The minimum atomic E-state index is -3.15. The van der Waals surface area contributed by atoms with Crippen molar-refractivity contribution in [1.29, 1.82) is 0 Å². The largest absolute Gasteiger partial charge is 0.335 e. The van der Waals surface area contributed by atoms with E-state index in [1.165, 1.54) is 11.1 Å². The van der Waals surface area contributed by atoms with Crippen LogP contribution in [0.4, 0.5) is 0 Å². The van der Waals surface area contributed by atoms with Gasteiger partial charge in [0.25, 0.3) is 0 Å². The molecule has 0 aliphatic heterocycles. The van der Waals surface area contributed by atoms with Gasteiger partial charge < -0.3 is 45.2 Å². The number of carbonyl (C=O) groups is 1. The minimum absolute atomic E-state index is 0.168. The first-order valence-electron chi connectivity index (χ1n) is 18.0. The zero-order valence-electron chi connectivity index (χ0n) is 33.6. The van der Waals surface area contributed by atoms with Gasteiger partial charge in [0.1, 0.15) is 0 Å². The lowest BCUT2D eigenvalue weighted by molar-refractivity contribution is 0.104. The lowest BCUT2D eigenvalue weighted by Gasteiger charge is -2.17. The Balaban J connectivity index is 0. The van der Waals surface area contributed by atoms with Gasteiger partial charge in [0.05, 0.1) is 72.2 Å². The summed E-state index contributed by atoms with van der Waals surface area (Å²) in [6.45, 7) is 28.3. The van der Waals surface area contributed by atoms with Crippen LogP contribution >= 0.6 is 33.2 Å². The van der Waals surface area contributed by atoms with E-state index in [4.69, 9.17) is 45.2 Å². The Hall–Kier alpha value is -0.770. The Kier molecular flexibility index (Phi) is 36.8. The first kappa shape index (κ1) is 53.3. The van der Waals surface area contributed by atoms with Crippen LogP contribution in [0.2, 0.25) is 0 Å². The molecule has 0 aliphatic rings. The molecule has 0 unspecified atom stereocenters. The molecule has 0 bridgehead atoms. The quantitative estimate of drug-likeness (QED) is 0.0936. The standard InChI is InChI=1S/C16H26O6P2.C8H10.2C6H15O3P/c1-5-19-23(20-6-2)16(17)15-11-9-14(10-12-15)13-24(18,21-7-3)22-8-4;1-7-3-5-8(2)6-4-7;2*1-4-7-10(8-5-2)9-6-3/h9-12H,5-8,13H2,1-4H3;3-6H,1-2H3;2*4-6H2,1-3H3. The summed E-state index contributed by atoms with van der Waals surface area (Å²) in [5.74, 6) is 0. The van der Waals surface area contributed by atoms with Crippen molar-refractivity contribution < 1.29 is 54.6 Å². The maximum absolute atomic E-state index is 12.5. The summed E-state index contributed by atoms with van der Waals surface area (Å²) < 4.78 is 64.7. The van der Waals surface area contributed by atoms with Crippen molar-refractivity contribution in [3.05, 3.63) is 70.8 Å². The molecular weight excluding hydrogens is 748 g/mol. The highest BCUT2D eigenvalue weighted by molar-refractivity contribution is 7.66. The second-order valence-electron chi connectivity index (χ2n) is 9.81. The lowest BCUT2D eigenvalue weighted by atomic mass is 10.2. The molecule has 0 atom stereocenters. The van der Waals surface area contributed by atoms with Crippen LogP contribution in [-0.2, 0) is 56.0 Å². The molecule has 0 amide bonds. The van der Waals surface area contributed by atoms with E-state index in [0.29, 0.717) is 71.6 Å². The monoisotopic (exact) mass is 814 g/mol. The van der Waals surface area contributed by atoms with Gasteiger partial charge in [0.15, 0.2) is 0 Å². The summed E-state index contributed by atoms with van der Waals surface area (Å²) in [4.78, 5) is 12.4. The number of hydrogen-bond acceptors (Lipinski definition) is 12. The molecule has 2 aromatic rings. The second-order valence-corrected chi connectivity index (χ2v) is 15.7. The molecule has 2 rings (SSSR count). The Morgan fingerprint density at radius 3 is 1.06 bits per heavy atom. The predicted molar refractivity (Wildman–Crippen MR) is 215 cm³/mol. The molecule has 0 fully saturated rings. The molecule has 0 spiro atoms. The van der Waals surface area contributed by atoms with E-state index in [1.807, 2.05) is 55.4 Å². The van der Waals surface area contributed by atoms with Gasteiger partial charge in [-0.05, 0) is 88.6 Å². The second kappa shape index (κ2) is 35.9. The van der Waals surface area contributed by atoms with E-state index in [2.05, 4.69) is 38.1 Å². The summed E-state index contributed by atoms with van der Waals surface area (Å²) in [6.07, 6.45) is 0.175. The zero-order valence-corrected chi connectivity index (χ0v) is 37.2. The Morgan fingerprint density at radius 1 is 0.481 bits per heavy atom. The summed E-state index contributed by atoms with van der Waals surface area (Å²) in [5.41, 5.74) is 3.78. The highest BCUT2D eigenvalue weighted by atomic mass is 31.2. The molecule has 52 heavy (non-hydrogen) atoms. The summed E-state index contributed by atoms with van der Waals surface area (Å²) in [7, 11) is -6.86. The van der Waals surface area contributed by atoms with Gasteiger partial charge in [0.2, 0.25) is 13.9 Å². The average Bonchev–Trinajstić information content (AvgIpc) is 3.11. The highest BCUT2D eigenvalue weighted by Crippen LogP contribution is 2.51. The predicted octanol–water partition coefficient (Wildman–Crippen LogP) is 11.9. The number of carbonyl (C=O) groups excluding carboxylic acids is 1. The number of hydrogen-bond donors (Lipinski definition) is 0. The van der Waals surface area contributed by atoms with E-state index in [9.17, 15) is 9.36 Å². The fourth-order valence-corrected chi connectivity index (χ4v) is 8.04. The average molecular weight is 815 g/mol. The van der Waals surface area contributed by atoms with Crippen molar-refractivity contribution in [2.75, 3.05) is 66.1 Å². The van der Waals surface area contributed by atoms with Crippen molar-refractivity contribution in [3.8, 4) is 0 Å². The molecule has 0 aliphatic carbocycles. The van der Waals surface area contributed by atoms with Gasteiger partial charge in [-0.2, -0.15) is 0 Å². The highest BCUT2D eigenvalue weighted by Gasteiger charge is 2.25. The summed E-state index contributed by atoms with van der Waals surface area (Å²) in [6, 6.07) is 15.4. The zero-order chi connectivity index (χ0) is 39.6. The SMILES string of the molecule is CCOP(OCC)C(=O)c1ccc(CP(=O)(OCC)OCC)cc1.CCOP(OCC)OCC.CCOP(OCC)OCC.Cc1ccc(C)cc1. The number of benzene rings is 2. The molecule has 302 valence electrons. The maximum atomic E-state index is 12.5. The lowest BCUT2D eigenvalue weighted by Crippen LogP contribution is -2.04.